The molecule has 1 aromatic rings. The first-order valence-corrected chi connectivity index (χ1v) is 5.94. The molecule has 5 nitrogen and oxygen atoms in total. The van der Waals surface area contributed by atoms with Crippen LogP contribution in [0.4, 0.5) is 13.2 Å². The predicted octanol–water partition coefficient (Wildman–Crippen LogP) is 0.693. The Balaban J connectivity index is 3.08. The van der Waals surface area contributed by atoms with Crippen molar-refractivity contribution in [3.8, 4) is 0 Å². The van der Waals surface area contributed by atoms with Crippen LogP contribution in [0, 0.1) is 0 Å². The van der Waals surface area contributed by atoms with Crippen molar-refractivity contribution in [2.75, 3.05) is 0 Å². The van der Waals surface area contributed by atoms with Crippen molar-refractivity contribution in [2.24, 2.45) is 7.05 Å². The molecule has 0 aliphatic rings. The van der Waals surface area contributed by atoms with Crippen LogP contribution in [-0.2, 0) is 17.9 Å². The number of nitrogens with zero attached hydrogens (tertiary/aromatic N) is 2. The first kappa shape index (κ1) is 17.0. The van der Waals surface area contributed by atoms with E-state index >= 15 is 0 Å². The summed E-state index contributed by atoms with van der Waals surface area (Å²) in [6.45, 7) is 5.82. The molecule has 0 bridgehead atoms. The highest BCUT2D eigenvalue weighted by molar-refractivity contribution is 6.60. The summed E-state index contributed by atoms with van der Waals surface area (Å²) in [7, 11) is -0.534. The average molecular weight is 294 g/mol. The number of rotatable bonds is 4. The van der Waals surface area contributed by atoms with Crippen LogP contribution in [0.1, 0.15) is 33.4 Å². The Labute approximate surface area is 115 Å². The summed E-state index contributed by atoms with van der Waals surface area (Å²) in [5.74, 6) is 0. The Morgan fingerprint density at radius 2 is 1.75 bits per heavy atom. The SMILES string of the molecule is Cn1cc(B(O)OC(C)(C)C(C)(C)O)c(C(F)(F)F)n1. The third-order valence-corrected chi connectivity index (χ3v) is 3.27. The number of aliphatic hydroxyl groups is 1. The normalized spacial score (nSPS) is 13.7. The van der Waals surface area contributed by atoms with E-state index in [2.05, 4.69) is 5.10 Å². The van der Waals surface area contributed by atoms with Crippen LogP contribution in [0.2, 0.25) is 0 Å². The summed E-state index contributed by atoms with van der Waals surface area (Å²) < 4.78 is 44.5. The molecule has 0 amide bonds. The molecular weight excluding hydrogens is 276 g/mol. The van der Waals surface area contributed by atoms with E-state index in [-0.39, 0.29) is 0 Å². The van der Waals surface area contributed by atoms with Gasteiger partial charge in [-0.25, -0.2) is 0 Å². The summed E-state index contributed by atoms with van der Waals surface area (Å²) in [4.78, 5) is 0. The Kier molecular flexibility index (Phi) is 4.29. The van der Waals surface area contributed by atoms with Crippen molar-refractivity contribution < 1.29 is 28.0 Å². The van der Waals surface area contributed by atoms with E-state index in [0.29, 0.717) is 0 Å². The van der Waals surface area contributed by atoms with E-state index in [4.69, 9.17) is 4.65 Å². The monoisotopic (exact) mass is 294 g/mol. The molecule has 114 valence electrons. The van der Waals surface area contributed by atoms with Gasteiger partial charge in [0.1, 0.15) is 0 Å². The van der Waals surface area contributed by atoms with Gasteiger partial charge in [-0.1, -0.05) is 0 Å². The van der Waals surface area contributed by atoms with Crippen molar-refractivity contribution in [3.05, 3.63) is 11.9 Å². The lowest BCUT2D eigenvalue weighted by Crippen LogP contribution is -2.53. The molecule has 0 atom stereocenters. The minimum absolute atomic E-state index is 0.489. The molecule has 0 spiro atoms. The lowest BCUT2D eigenvalue weighted by Gasteiger charge is -2.38. The van der Waals surface area contributed by atoms with Crippen LogP contribution >= 0.6 is 0 Å². The molecule has 0 aliphatic heterocycles. The molecule has 0 saturated carbocycles. The molecular formula is C11H18BF3N2O3. The van der Waals surface area contributed by atoms with Crippen molar-refractivity contribution in [1.82, 2.24) is 9.78 Å². The Hall–Kier alpha value is -1.06. The molecule has 1 heterocycles. The zero-order chi connectivity index (χ0) is 15.9. The fourth-order valence-electron chi connectivity index (χ4n) is 1.39. The van der Waals surface area contributed by atoms with Gasteiger partial charge < -0.3 is 14.8 Å². The molecule has 1 aromatic heterocycles. The fraction of sp³-hybridized carbons (Fsp3) is 0.727. The van der Waals surface area contributed by atoms with Gasteiger partial charge in [0.05, 0.1) is 11.2 Å². The Morgan fingerprint density at radius 1 is 1.25 bits per heavy atom. The minimum Gasteiger partial charge on any atom is -0.423 e. The number of hydrogen-bond acceptors (Lipinski definition) is 4. The van der Waals surface area contributed by atoms with E-state index in [9.17, 15) is 23.3 Å². The van der Waals surface area contributed by atoms with Crippen LogP contribution in [0.3, 0.4) is 0 Å². The molecule has 0 fully saturated rings. The van der Waals surface area contributed by atoms with Gasteiger partial charge in [0.25, 0.3) is 0 Å². The highest BCUT2D eigenvalue weighted by Crippen LogP contribution is 2.28. The molecule has 2 N–H and O–H groups in total. The van der Waals surface area contributed by atoms with E-state index in [1.807, 2.05) is 0 Å². The molecule has 0 unspecified atom stereocenters. The first-order valence-electron chi connectivity index (χ1n) is 5.94. The summed E-state index contributed by atoms with van der Waals surface area (Å²) in [6, 6.07) is 0. The second-order valence-corrected chi connectivity index (χ2v) is 5.64. The maximum atomic E-state index is 12.8. The molecule has 9 heteroatoms. The molecule has 1 rings (SSSR count). The topological polar surface area (TPSA) is 67.5 Å². The van der Waals surface area contributed by atoms with Gasteiger partial charge in [-0.2, -0.15) is 18.3 Å². The molecule has 0 saturated heterocycles. The number of halogens is 3. The van der Waals surface area contributed by atoms with E-state index < -0.39 is 35.7 Å². The van der Waals surface area contributed by atoms with Crippen molar-refractivity contribution in [3.63, 3.8) is 0 Å². The van der Waals surface area contributed by atoms with Crippen molar-refractivity contribution >= 4 is 12.6 Å². The molecule has 20 heavy (non-hydrogen) atoms. The summed E-state index contributed by atoms with van der Waals surface area (Å²) in [6.07, 6.45) is -3.66. The van der Waals surface area contributed by atoms with E-state index in [1.165, 1.54) is 34.7 Å². The number of alkyl halides is 3. The molecule has 0 radical (unpaired) electrons. The molecule has 0 aromatic carbocycles. The lowest BCUT2D eigenvalue weighted by atomic mass is 9.76. The average Bonchev–Trinajstić information content (AvgIpc) is 2.57. The molecule has 0 aliphatic carbocycles. The zero-order valence-electron chi connectivity index (χ0n) is 12.0. The van der Waals surface area contributed by atoms with Gasteiger partial charge in [0.15, 0.2) is 5.69 Å². The van der Waals surface area contributed by atoms with Gasteiger partial charge in [-0.05, 0) is 27.7 Å². The maximum absolute atomic E-state index is 12.8. The summed E-state index contributed by atoms with van der Waals surface area (Å²) in [5.41, 5.74) is -4.31. The van der Waals surface area contributed by atoms with Gasteiger partial charge in [-0.15, -0.1) is 0 Å². The standard InChI is InChI=1S/C11H18BF3N2O3/c1-9(2,18)10(3,4)20-12(19)7-6-17(5)16-8(7)11(13,14)15/h6,18-19H,1-5H3. The third-order valence-electron chi connectivity index (χ3n) is 3.27. The van der Waals surface area contributed by atoms with Crippen molar-refractivity contribution in [2.45, 2.75) is 45.1 Å². The van der Waals surface area contributed by atoms with Crippen LogP contribution in [-0.4, -0.2) is 38.2 Å². The van der Waals surface area contributed by atoms with Crippen molar-refractivity contribution in [1.29, 1.82) is 0 Å². The number of hydrogen-bond donors (Lipinski definition) is 2. The summed E-state index contributed by atoms with van der Waals surface area (Å²) in [5, 5.41) is 23.1. The van der Waals surface area contributed by atoms with Crippen LogP contribution < -0.4 is 5.46 Å². The zero-order valence-corrected chi connectivity index (χ0v) is 12.0. The van der Waals surface area contributed by atoms with E-state index in [1.54, 1.807) is 0 Å². The largest absolute Gasteiger partial charge is 0.495 e. The third kappa shape index (κ3) is 3.53. The maximum Gasteiger partial charge on any atom is 0.495 e. The second kappa shape index (κ2) is 5.05. The Bertz CT molecular complexity index is 480. The van der Waals surface area contributed by atoms with E-state index in [0.717, 1.165) is 10.9 Å². The second-order valence-electron chi connectivity index (χ2n) is 5.64. The smallest absolute Gasteiger partial charge is 0.423 e. The van der Waals surface area contributed by atoms with Gasteiger partial charge >= 0.3 is 13.3 Å². The summed E-state index contributed by atoms with van der Waals surface area (Å²) >= 11 is 0. The predicted molar refractivity (Wildman–Crippen MR) is 67.3 cm³/mol. The highest BCUT2D eigenvalue weighted by atomic mass is 19.4. The van der Waals surface area contributed by atoms with Crippen LogP contribution in [0.25, 0.3) is 0 Å². The fourth-order valence-corrected chi connectivity index (χ4v) is 1.39. The number of aromatic nitrogens is 2. The quantitative estimate of drug-likeness (QED) is 0.802. The number of aryl methyl sites for hydroxylation is 1. The van der Waals surface area contributed by atoms with Crippen LogP contribution in [0.5, 0.6) is 0 Å². The van der Waals surface area contributed by atoms with Gasteiger partial charge in [0, 0.05) is 18.7 Å². The van der Waals surface area contributed by atoms with Gasteiger partial charge in [0.2, 0.25) is 0 Å². The Morgan fingerprint density at radius 3 is 2.15 bits per heavy atom. The lowest BCUT2D eigenvalue weighted by molar-refractivity contribution is -0.141. The highest BCUT2D eigenvalue weighted by Gasteiger charge is 2.44. The minimum atomic E-state index is -4.69. The van der Waals surface area contributed by atoms with Crippen LogP contribution in [0.15, 0.2) is 6.20 Å². The first-order chi connectivity index (χ1) is 8.75. The van der Waals surface area contributed by atoms with Gasteiger partial charge in [-0.3, -0.25) is 4.68 Å².